The molecule has 0 unspecified atom stereocenters. The van der Waals surface area contributed by atoms with Gasteiger partial charge in [0.2, 0.25) is 5.91 Å². The largest absolute Gasteiger partial charge is 0.485 e. The number of fused-ring (bicyclic) bond motifs is 1. The predicted molar refractivity (Wildman–Crippen MR) is 110 cm³/mol. The first-order chi connectivity index (χ1) is 13.6. The zero-order valence-electron chi connectivity index (χ0n) is 15.8. The molecule has 1 aliphatic carbocycles. The number of hydrogen-bond acceptors (Lipinski definition) is 5. The number of rotatable bonds is 5. The van der Waals surface area contributed by atoms with E-state index in [1.165, 1.54) is 28.2 Å². The summed E-state index contributed by atoms with van der Waals surface area (Å²) in [5.41, 5.74) is 2.16. The van der Waals surface area contributed by atoms with Gasteiger partial charge in [-0.05, 0) is 37.5 Å². The van der Waals surface area contributed by atoms with Crippen LogP contribution in [-0.2, 0) is 11.4 Å². The number of nitrogens with one attached hydrogen (secondary N) is 1. The summed E-state index contributed by atoms with van der Waals surface area (Å²) in [5, 5.41) is 4.87. The zero-order chi connectivity index (χ0) is 19.5. The normalized spacial score (nSPS) is 14.9. The van der Waals surface area contributed by atoms with Crippen molar-refractivity contribution in [2.24, 2.45) is 5.92 Å². The minimum Gasteiger partial charge on any atom is -0.485 e. The highest BCUT2D eigenvalue weighted by Crippen LogP contribution is 2.30. The first kappa shape index (κ1) is 18.7. The van der Waals surface area contributed by atoms with Crippen LogP contribution >= 0.6 is 11.3 Å². The van der Waals surface area contributed by atoms with E-state index >= 15 is 0 Å². The Morgan fingerprint density at radius 1 is 1.29 bits per heavy atom. The minimum absolute atomic E-state index is 0.0616. The molecule has 0 saturated heterocycles. The van der Waals surface area contributed by atoms with E-state index in [4.69, 9.17) is 4.74 Å². The summed E-state index contributed by atoms with van der Waals surface area (Å²) in [6, 6.07) is 7.19. The maximum atomic E-state index is 12.6. The Labute approximate surface area is 167 Å². The molecule has 2 heterocycles. The van der Waals surface area contributed by atoms with Gasteiger partial charge in [-0.15, -0.1) is 11.3 Å². The van der Waals surface area contributed by atoms with E-state index in [2.05, 4.69) is 10.3 Å². The number of carbonyl (C=O) groups is 1. The third-order valence-corrected chi connectivity index (χ3v) is 5.86. The summed E-state index contributed by atoms with van der Waals surface area (Å²) in [7, 11) is 0. The summed E-state index contributed by atoms with van der Waals surface area (Å²) in [4.78, 5) is 29.9. The lowest BCUT2D eigenvalue weighted by molar-refractivity contribution is -0.120. The van der Waals surface area contributed by atoms with Crippen LogP contribution in [0.5, 0.6) is 5.75 Å². The fourth-order valence-electron chi connectivity index (χ4n) is 3.58. The summed E-state index contributed by atoms with van der Waals surface area (Å²) < 4.78 is 7.44. The molecule has 2 aromatic heterocycles. The Bertz CT molecular complexity index is 1050. The molecule has 0 bridgehead atoms. The van der Waals surface area contributed by atoms with Crippen LogP contribution in [0.2, 0.25) is 0 Å². The summed E-state index contributed by atoms with van der Waals surface area (Å²) in [5.74, 6) is 0.722. The molecule has 3 aromatic rings. The lowest BCUT2D eigenvalue weighted by atomic mass is 9.88. The van der Waals surface area contributed by atoms with Crippen molar-refractivity contribution in [2.45, 2.75) is 45.6 Å². The van der Waals surface area contributed by atoms with Crippen LogP contribution in [0.3, 0.4) is 0 Å². The van der Waals surface area contributed by atoms with E-state index in [1.54, 1.807) is 6.20 Å². The van der Waals surface area contributed by atoms with Gasteiger partial charge in [-0.1, -0.05) is 25.3 Å². The molecule has 6 nitrogen and oxygen atoms in total. The molecule has 1 N–H and O–H groups in total. The van der Waals surface area contributed by atoms with Crippen LogP contribution in [0.4, 0.5) is 5.69 Å². The maximum absolute atomic E-state index is 12.6. The van der Waals surface area contributed by atoms with Crippen molar-refractivity contribution < 1.29 is 9.53 Å². The van der Waals surface area contributed by atoms with Crippen LogP contribution in [0.1, 0.15) is 43.4 Å². The van der Waals surface area contributed by atoms with E-state index in [-0.39, 0.29) is 24.0 Å². The Balaban J connectivity index is 1.50. The topological polar surface area (TPSA) is 72.7 Å². The third kappa shape index (κ3) is 4.09. The average molecular weight is 398 g/mol. The highest BCUT2D eigenvalue weighted by molar-refractivity contribution is 7.15. The first-order valence-corrected chi connectivity index (χ1v) is 10.5. The predicted octanol–water partition coefficient (Wildman–Crippen LogP) is 4.16. The van der Waals surface area contributed by atoms with Crippen molar-refractivity contribution in [2.75, 3.05) is 5.32 Å². The second kappa shape index (κ2) is 8.14. The van der Waals surface area contributed by atoms with E-state index in [9.17, 15) is 9.59 Å². The van der Waals surface area contributed by atoms with Crippen molar-refractivity contribution >= 4 is 27.9 Å². The number of amides is 1. The van der Waals surface area contributed by atoms with Gasteiger partial charge < -0.3 is 10.1 Å². The molecule has 1 aromatic carbocycles. The average Bonchev–Trinajstić information content (AvgIpc) is 3.17. The molecule has 28 heavy (non-hydrogen) atoms. The summed E-state index contributed by atoms with van der Waals surface area (Å²) in [6.45, 7) is 2.15. The molecule has 146 valence electrons. The number of aryl methyl sites for hydroxylation is 1. The summed E-state index contributed by atoms with van der Waals surface area (Å²) >= 11 is 1.41. The van der Waals surface area contributed by atoms with Gasteiger partial charge in [0.1, 0.15) is 12.4 Å². The number of ether oxygens (including phenoxy) is 1. The smallest absolute Gasteiger partial charge is 0.258 e. The lowest BCUT2D eigenvalue weighted by Crippen LogP contribution is -2.25. The van der Waals surface area contributed by atoms with E-state index < -0.39 is 0 Å². The fraction of sp³-hybridized carbons (Fsp3) is 0.381. The maximum Gasteiger partial charge on any atom is 0.258 e. The molecular formula is C21H23N3O3S. The van der Waals surface area contributed by atoms with Crippen molar-refractivity contribution in [1.29, 1.82) is 0 Å². The Morgan fingerprint density at radius 3 is 2.93 bits per heavy atom. The zero-order valence-corrected chi connectivity index (χ0v) is 16.6. The van der Waals surface area contributed by atoms with Crippen LogP contribution in [0, 0.1) is 12.8 Å². The highest BCUT2D eigenvalue weighted by atomic mass is 32.1. The van der Waals surface area contributed by atoms with Gasteiger partial charge in [0, 0.05) is 23.6 Å². The number of thiazole rings is 1. The molecule has 1 fully saturated rings. The molecule has 1 amide bonds. The van der Waals surface area contributed by atoms with Gasteiger partial charge in [0.25, 0.3) is 5.56 Å². The molecule has 0 radical (unpaired) electrons. The van der Waals surface area contributed by atoms with Gasteiger partial charge in [-0.2, -0.15) is 0 Å². The second-order valence-corrected chi connectivity index (χ2v) is 8.13. The van der Waals surface area contributed by atoms with E-state index in [1.807, 2.05) is 30.5 Å². The molecule has 0 spiro atoms. The Kier molecular flexibility index (Phi) is 5.43. The first-order valence-electron chi connectivity index (χ1n) is 9.60. The quantitative estimate of drug-likeness (QED) is 0.702. The molecule has 1 aliphatic rings. The molecule has 4 rings (SSSR count). The number of hydrogen-bond donors (Lipinski definition) is 1. The monoisotopic (exact) mass is 397 g/mol. The number of anilines is 1. The van der Waals surface area contributed by atoms with Gasteiger partial charge in [0.15, 0.2) is 4.96 Å². The Hall–Kier alpha value is -2.67. The van der Waals surface area contributed by atoms with Gasteiger partial charge in [-0.25, -0.2) is 4.98 Å². The molecule has 0 atom stereocenters. The number of carbonyl (C=O) groups excluding carboxylic acids is 1. The standard InChI is InChI=1S/C21H23N3O3S/c1-14-7-8-18(17(11-14)23-20(26)15-5-3-2-4-6-15)27-13-16-12-19(25)24-9-10-28-21(24)22-16/h7-12,15H,2-6,13H2,1H3,(H,23,26). The molecule has 7 heteroatoms. The van der Waals surface area contributed by atoms with Gasteiger partial charge in [0.05, 0.1) is 11.4 Å². The van der Waals surface area contributed by atoms with E-state index in [0.29, 0.717) is 22.1 Å². The second-order valence-electron chi connectivity index (χ2n) is 7.25. The third-order valence-electron chi connectivity index (χ3n) is 5.10. The van der Waals surface area contributed by atoms with Crippen molar-refractivity contribution in [1.82, 2.24) is 9.38 Å². The van der Waals surface area contributed by atoms with Crippen LogP contribution in [0.25, 0.3) is 4.96 Å². The fourth-order valence-corrected chi connectivity index (χ4v) is 4.32. The van der Waals surface area contributed by atoms with Gasteiger partial charge >= 0.3 is 0 Å². The molecular weight excluding hydrogens is 374 g/mol. The van der Waals surface area contributed by atoms with Gasteiger partial charge in [-0.3, -0.25) is 14.0 Å². The van der Waals surface area contributed by atoms with Crippen molar-refractivity contribution in [3.63, 3.8) is 0 Å². The van der Waals surface area contributed by atoms with Crippen molar-refractivity contribution in [3.05, 3.63) is 57.5 Å². The molecule has 0 aliphatic heterocycles. The number of benzene rings is 1. The number of nitrogens with zero attached hydrogens (tertiary/aromatic N) is 2. The van der Waals surface area contributed by atoms with E-state index in [0.717, 1.165) is 31.2 Å². The molecule has 1 saturated carbocycles. The van der Waals surface area contributed by atoms with Crippen LogP contribution in [0.15, 0.2) is 40.6 Å². The summed E-state index contributed by atoms with van der Waals surface area (Å²) in [6.07, 6.45) is 7.04. The number of aromatic nitrogens is 2. The van der Waals surface area contributed by atoms with Crippen molar-refractivity contribution in [3.8, 4) is 5.75 Å². The SMILES string of the molecule is Cc1ccc(OCc2cc(=O)n3ccsc3n2)c(NC(=O)C2CCCCC2)c1. The highest BCUT2D eigenvalue weighted by Gasteiger charge is 2.22. The van der Waals surface area contributed by atoms with Crippen LogP contribution < -0.4 is 15.6 Å². The van der Waals surface area contributed by atoms with Crippen LogP contribution in [-0.4, -0.2) is 15.3 Å². The minimum atomic E-state index is -0.125. The lowest BCUT2D eigenvalue weighted by Gasteiger charge is -2.21. The Morgan fingerprint density at radius 2 is 2.11 bits per heavy atom.